The van der Waals surface area contributed by atoms with Gasteiger partial charge in [-0.3, -0.25) is 4.98 Å². The van der Waals surface area contributed by atoms with Crippen LogP contribution in [0, 0.1) is 0 Å². The van der Waals surface area contributed by atoms with Crippen LogP contribution in [-0.4, -0.2) is 15.0 Å². The molecule has 3 nitrogen and oxygen atoms in total. The van der Waals surface area contributed by atoms with Gasteiger partial charge in [-0.1, -0.05) is 146 Å². The Morgan fingerprint density at radius 1 is 0.340 bits per heavy atom. The zero-order valence-electron chi connectivity index (χ0n) is 27.1. The lowest BCUT2D eigenvalue weighted by molar-refractivity contribution is 1.19. The van der Waals surface area contributed by atoms with Gasteiger partial charge in [0, 0.05) is 29.1 Å². The summed E-state index contributed by atoms with van der Waals surface area (Å²) >= 11 is 0. The number of benzene rings is 8. The predicted molar refractivity (Wildman–Crippen MR) is 208 cm³/mol. The van der Waals surface area contributed by atoms with Crippen LogP contribution < -0.4 is 0 Å². The normalized spacial score (nSPS) is 11.6. The second-order valence-corrected chi connectivity index (χ2v) is 12.9. The highest BCUT2D eigenvalue weighted by Crippen LogP contribution is 2.40. The summed E-state index contributed by atoms with van der Waals surface area (Å²) in [6, 6.07) is 58.4. The molecule has 0 saturated heterocycles. The third-order valence-corrected chi connectivity index (χ3v) is 9.95. The Kier molecular flexibility index (Phi) is 6.49. The quantitative estimate of drug-likeness (QED) is 0.177. The number of fused-ring (bicyclic) bond motifs is 1. The van der Waals surface area contributed by atoms with Gasteiger partial charge in [-0.25, -0.2) is 9.97 Å². The molecule has 10 rings (SSSR count). The molecule has 2 aromatic heterocycles. The third-order valence-electron chi connectivity index (χ3n) is 9.95. The molecule has 0 unspecified atom stereocenters. The molecular formula is C47H29N3. The van der Waals surface area contributed by atoms with Crippen molar-refractivity contribution in [3.05, 3.63) is 176 Å². The molecule has 0 N–H and O–H groups in total. The number of aromatic nitrogens is 3. The minimum Gasteiger partial charge on any atom is -0.264 e. The highest BCUT2D eigenvalue weighted by atomic mass is 14.9. The number of rotatable bonds is 5. The fraction of sp³-hybridized carbons (Fsp3) is 0. The molecule has 8 aromatic carbocycles. The molecule has 0 spiro atoms. The summed E-state index contributed by atoms with van der Waals surface area (Å²) in [6.45, 7) is 0. The third kappa shape index (κ3) is 4.71. The van der Waals surface area contributed by atoms with Crippen LogP contribution in [0.4, 0.5) is 0 Å². The maximum absolute atomic E-state index is 5.28. The summed E-state index contributed by atoms with van der Waals surface area (Å²) < 4.78 is 0. The van der Waals surface area contributed by atoms with Crippen molar-refractivity contribution in [1.29, 1.82) is 0 Å². The van der Waals surface area contributed by atoms with Gasteiger partial charge in [0.2, 0.25) is 0 Å². The zero-order valence-corrected chi connectivity index (χ0v) is 27.1. The molecule has 0 radical (unpaired) electrons. The van der Waals surface area contributed by atoms with Crippen molar-refractivity contribution < 1.29 is 0 Å². The van der Waals surface area contributed by atoms with E-state index in [1.807, 2.05) is 12.3 Å². The lowest BCUT2D eigenvalue weighted by Crippen LogP contribution is -1.97. The number of hydrogen-bond acceptors (Lipinski definition) is 3. The van der Waals surface area contributed by atoms with Crippen molar-refractivity contribution in [2.75, 3.05) is 0 Å². The molecule has 0 aliphatic heterocycles. The van der Waals surface area contributed by atoms with E-state index in [4.69, 9.17) is 9.97 Å². The summed E-state index contributed by atoms with van der Waals surface area (Å²) in [7, 11) is 0. The summed E-state index contributed by atoms with van der Waals surface area (Å²) in [5.41, 5.74) is 9.48. The number of hydrogen-bond donors (Lipinski definition) is 0. The van der Waals surface area contributed by atoms with E-state index in [1.165, 1.54) is 48.8 Å². The average molecular weight is 636 g/mol. The molecule has 0 bridgehead atoms. The Balaban J connectivity index is 1.14. The van der Waals surface area contributed by atoms with Gasteiger partial charge in [-0.15, -0.1) is 0 Å². The highest BCUT2D eigenvalue weighted by Gasteiger charge is 2.17. The second kappa shape index (κ2) is 11.5. The molecule has 0 aliphatic carbocycles. The molecule has 2 heterocycles. The van der Waals surface area contributed by atoms with E-state index >= 15 is 0 Å². The van der Waals surface area contributed by atoms with Crippen molar-refractivity contribution >= 4 is 43.1 Å². The largest absolute Gasteiger partial charge is 0.264 e. The summed E-state index contributed by atoms with van der Waals surface area (Å²) in [4.78, 5) is 14.8. The first kappa shape index (κ1) is 28.3. The Morgan fingerprint density at radius 2 is 0.940 bits per heavy atom. The minimum absolute atomic E-state index is 0.713. The number of nitrogens with zero attached hydrogens (tertiary/aromatic N) is 3. The van der Waals surface area contributed by atoms with Gasteiger partial charge in [-0.05, 0) is 83.5 Å². The van der Waals surface area contributed by atoms with Gasteiger partial charge >= 0.3 is 0 Å². The molecule has 0 aliphatic rings. The van der Waals surface area contributed by atoms with E-state index in [0.717, 1.165) is 44.6 Å². The maximum Gasteiger partial charge on any atom is 0.161 e. The van der Waals surface area contributed by atoms with Gasteiger partial charge < -0.3 is 0 Å². The van der Waals surface area contributed by atoms with Gasteiger partial charge in [-0.2, -0.15) is 0 Å². The fourth-order valence-corrected chi connectivity index (χ4v) is 7.46. The SMILES string of the molecule is c1cncc(-c2ccc(-c3cc(-c4ccc(-c5cccc6ccccc56)cc4)nc(-c4ccc5ccc6cccc7ccc4c5c67)n3)cc2)c1. The second-order valence-electron chi connectivity index (χ2n) is 12.9. The van der Waals surface area contributed by atoms with Crippen LogP contribution >= 0.6 is 0 Å². The molecule has 232 valence electrons. The van der Waals surface area contributed by atoms with Crippen molar-refractivity contribution in [3.8, 4) is 56.2 Å². The topological polar surface area (TPSA) is 38.7 Å². The molecule has 0 amide bonds. The van der Waals surface area contributed by atoms with Gasteiger partial charge in [0.25, 0.3) is 0 Å². The van der Waals surface area contributed by atoms with Crippen LogP contribution in [0.3, 0.4) is 0 Å². The van der Waals surface area contributed by atoms with Crippen LogP contribution in [-0.2, 0) is 0 Å². The van der Waals surface area contributed by atoms with Crippen molar-refractivity contribution in [2.24, 2.45) is 0 Å². The molecule has 0 atom stereocenters. The van der Waals surface area contributed by atoms with E-state index in [-0.39, 0.29) is 0 Å². The molecule has 0 saturated carbocycles. The summed E-state index contributed by atoms with van der Waals surface area (Å²) in [6.07, 6.45) is 3.70. The summed E-state index contributed by atoms with van der Waals surface area (Å²) in [5.74, 6) is 0.713. The van der Waals surface area contributed by atoms with Crippen molar-refractivity contribution in [1.82, 2.24) is 15.0 Å². The van der Waals surface area contributed by atoms with Crippen LogP contribution in [0.25, 0.3) is 99.2 Å². The Labute approximate surface area is 289 Å². The smallest absolute Gasteiger partial charge is 0.161 e. The van der Waals surface area contributed by atoms with Crippen molar-refractivity contribution in [2.45, 2.75) is 0 Å². The maximum atomic E-state index is 5.28. The lowest BCUT2D eigenvalue weighted by Gasteiger charge is -2.15. The molecule has 10 aromatic rings. The van der Waals surface area contributed by atoms with E-state index in [0.29, 0.717) is 5.82 Å². The summed E-state index contributed by atoms with van der Waals surface area (Å²) in [5, 5.41) is 9.90. The minimum atomic E-state index is 0.713. The van der Waals surface area contributed by atoms with E-state index in [1.54, 1.807) is 6.20 Å². The standard InChI is InChI=1S/C47H29N3/c1-2-11-39-31(6-1)7-4-12-40(39)32-15-19-34(20-16-32)44-28-43(33-17-13-30(14-18-33)38-10-5-27-48-29-38)49-47(50-44)42-26-24-37-22-21-35-8-3-9-36-23-25-41(42)46(37)45(35)36/h1-29H. The predicted octanol–water partition coefficient (Wildman–Crippen LogP) is 12.3. The van der Waals surface area contributed by atoms with Crippen LogP contribution in [0.5, 0.6) is 0 Å². The lowest BCUT2D eigenvalue weighted by atomic mass is 9.91. The van der Waals surface area contributed by atoms with Crippen LogP contribution in [0.15, 0.2) is 176 Å². The fourth-order valence-electron chi connectivity index (χ4n) is 7.46. The van der Waals surface area contributed by atoms with E-state index < -0.39 is 0 Å². The monoisotopic (exact) mass is 635 g/mol. The van der Waals surface area contributed by atoms with Crippen LogP contribution in [0.1, 0.15) is 0 Å². The molecule has 3 heteroatoms. The van der Waals surface area contributed by atoms with Crippen LogP contribution in [0.2, 0.25) is 0 Å². The molecule has 50 heavy (non-hydrogen) atoms. The highest BCUT2D eigenvalue weighted by molar-refractivity contribution is 6.25. The van der Waals surface area contributed by atoms with Crippen molar-refractivity contribution in [3.63, 3.8) is 0 Å². The van der Waals surface area contributed by atoms with E-state index in [2.05, 4.69) is 163 Å². The number of pyridine rings is 1. The zero-order chi connectivity index (χ0) is 33.0. The first-order chi connectivity index (χ1) is 24.8. The van der Waals surface area contributed by atoms with Gasteiger partial charge in [0.1, 0.15) is 0 Å². The first-order valence-corrected chi connectivity index (χ1v) is 16.9. The van der Waals surface area contributed by atoms with Gasteiger partial charge in [0.15, 0.2) is 5.82 Å². The Hall–Kier alpha value is -6.71. The molecule has 0 fully saturated rings. The average Bonchev–Trinajstić information content (AvgIpc) is 3.20. The first-order valence-electron chi connectivity index (χ1n) is 16.9. The Bertz CT molecular complexity index is 2820. The Morgan fingerprint density at radius 3 is 1.68 bits per heavy atom. The van der Waals surface area contributed by atoms with E-state index in [9.17, 15) is 0 Å². The van der Waals surface area contributed by atoms with Gasteiger partial charge in [0.05, 0.1) is 11.4 Å². The molecular weight excluding hydrogens is 607 g/mol.